The van der Waals surface area contributed by atoms with E-state index in [1.807, 2.05) is 0 Å². The maximum absolute atomic E-state index is 2.50. The molecule has 0 radical (unpaired) electrons. The van der Waals surface area contributed by atoms with Crippen molar-refractivity contribution < 1.29 is 25.8 Å². The summed E-state index contributed by atoms with van der Waals surface area (Å²) in [7, 11) is -1.31. The molecule has 1 saturated heterocycles. The molecule has 3 fully saturated rings. The molecule has 1 heterocycles. The summed E-state index contributed by atoms with van der Waals surface area (Å²) in [6, 6.07) is 3.31. The van der Waals surface area contributed by atoms with Crippen LogP contribution in [0.5, 0.6) is 0 Å². The summed E-state index contributed by atoms with van der Waals surface area (Å²) >= 11 is 0. The van der Waals surface area contributed by atoms with E-state index >= 15 is 0 Å². The van der Waals surface area contributed by atoms with E-state index in [2.05, 4.69) is 52.0 Å². The van der Waals surface area contributed by atoms with E-state index in [1.54, 1.807) is 60.1 Å². The zero-order valence-corrected chi connectivity index (χ0v) is 27.7. The molecule has 0 bridgehead atoms. The maximum atomic E-state index is 2.50. The van der Waals surface area contributed by atoms with Gasteiger partial charge in [-0.05, 0) is 75.3 Å². The number of hydrogen-bond acceptors (Lipinski definition) is 0. The summed E-state index contributed by atoms with van der Waals surface area (Å²) in [5.74, 6) is 3.56. The van der Waals surface area contributed by atoms with Crippen LogP contribution < -0.4 is 0 Å². The smallest absolute Gasteiger partial charge is 0.358 e. The van der Waals surface area contributed by atoms with Gasteiger partial charge in [0.05, 0.1) is 8.07 Å². The van der Waals surface area contributed by atoms with Crippen LogP contribution in [-0.4, -0.2) is 8.07 Å². The standard InChI is InChI=1S/C27H40Si.4CH3.Hf/c1-18-8-10-20(3)26-22(18)12-14-24(26)28(16-6-5-7-17-28)25-15-13-23-19(2)9-11-21(4)27(23)25;;;;;/h8-11,22-27H,5-7,12-17H2,1-4H3;4*1H3;/q;4*-1;+4. The zero-order valence-electron chi connectivity index (χ0n) is 23.1. The molecule has 6 unspecified atom stereocenters. The van der Waals surface area contributed by atoms with Crippen molar-refractivity contribution in [1.82, 2.24) is 0 Å². The molecule has 0 spiro atoms. The third-order valence-corrected chi connectivity index (χ3v) is 16.8. The fraction of sp³-hybridized carbons (Fsp3) is 0.613. The largest absolute Gasteiger partial charge is 4.00 e. The molecule has 4 aliphatic carbocycles. The van der Waals surface area contributed by atoms with Gasteiger partial charge < -0.3 is 29.7 Å². The molecule has 0 nitrogen and oxygen atoms in total. The van der Waals surface area contributed by atoms with Gasteiger partial charge in [0.2, 0.25) is 0 Å². The molecule has 2 saturated carbocycles. The Morgan fingerprint density at radius 3 is 1.30 bits per heavy atom. The van der Waals surface area contributed by atoms with E-state index in [4.69, 9.17) is 0 Å². The van der Waals surface area contributed by atoms with E-state index in [9.17, 15) is 0 Å². The van der Waals surface area contributed by atoms with Crippen molar-refractivity contribution in [2.75, 3.05) is 0 Å². The Hall–Kier alpha value is 0.0470. The normalized spacial score (nSPS) is 35.8. The van der Waals surface area contributed by atoms with Crippen molar-refractivity contribution >= 4 is 8.07 Å². The predicted octanol–water partition coefficient (Wildman–Crippen LogP) is 10.0. The van der Waals surface area contributed by atoms with E-state index in [1.165, 1.54) is 19.3 Å². The van der Waals surface area contributed by atoms with E-state index in [-0.39, 0.29) is 55.5 Å². The van der Waals surface area contributed by atoms with Crippen LogP contribution in [0.2, 0.25) is 23.2 Å². The van der Waals surface area contributed by atoms with Gasteiger partial charge in [0.25, 0.3) is 0 Å². The summed E-state index contributed by atoms with van der Waals surface area (Å²) in [5, 5.41) is 0. The number of allylic oxidation sites excluding steroid dienone is 8. The van der Waals surface area contributed by atoms with Crippen LogP contribution in [0, 0.1) is 53.4 Å². The van der Waals surface area contributed by atoms with Crippen LogP contribution in [0.3, 0.4) is 0 Å². The first kappa shape index (κ1) is 33.0. The minimum Gasteiger partial charge on any atom is -0.358 e. The fourth-order valence-corrected chi connectivity index (χ4v) is 16.8. The minimum atomic E-state index is -1.31. The van der Waals surface area contributed by atoms with Gasteiger partial charge in [-0.25, -0.2) is 0 Å². The third kappa shape index (κ3) is 5.28. The molecule has 0 aromatic rings. The Kier molecular flexibility index (Phi) is 12.9. The summed E-state index contributed by atoms with van der Waals surface area (Å²) in [6.07, 6.45) is 20.5. The number of rotatable bonds is 2. The van der Waals surface area contributed by atoms with Gasteiger partial charge in [-0.3, -0.25) is 0 Å². The number of fused-ring (bicyclic) bond motifs is 2. The number of hydrogen-bond donors (Lipinski definition) is 0. The molecular formula is C31H52HfSi. The average Bonchev–Trinajstić information content (AvgIpc) is 3.35. The predicted molar refractivity (Wildman–Crippen MR) is 150 cm³/mol. The first-order chi connectivity index (χ1) is 13.5. The molecule has 0 aromatic heterocycles. The summed E-state index contributed by atoms with van der Waals surface area (Å²) in [6.45, 7) is 9.79. The van der Waals surface area contributed by atoms with Crippen molar-refractivity contribution in [3.05, 3.63) is 76.3 Å². The van der Waals surface area contributed by atoms with Crippen LogP contribution in [0.1, 0.15) is 72.6 Å². The molecule has 5 rings (SSSR count). The summed E-state index contributed by atoms with van der Waals surface area (Å²) in [5.41, 5.74) is 8.99. The second-order valence-corrected chi connectivity index (χ2v) is 16.0. The van der Waals surface area contributed by atoms with Crippen LogP contribution in [0.25, 0.3) is 0 Å². The molecule has 0 aromatic carbocycles. The molecule has 0 N–H and O–H groups in total. The molecule has 2 heteroatoms. The SMILES string of the molecule is CC1=CC=C(C)C2C1CCC2[Si]1(C2CCC3C(C)=CC=C(C)C32)CCCCC1.[CH3-].[CH3-].[CH3-].[CH3-].[Hf+4]. The summed E-state index contributed by atoms with van der Waals surface area (Å²) < 4.78 is 0. The monoisotopic (exact) mass is 632 g/mol. The van der Waals surface area contributed by atoms with E-state index in [0.717, 1.165) is 34.8 Å². The van der Waals surface area contributed by atoms with Crippen molar-refractivity contribution in [1.29, 1.82) is 0 Å². The first-order valence-corrected chi connectivity index (χ1v) is 14.8. The van der Waals surface area contributed by atoms with Gasteiger partial charge in [-0.1, -0.05) is 90.8 Å². The molecule has 33 heavy (non-hydrogen) atoms. The fourth-order valence-electron chi connectivity index (χ4n) is 8.80. The minimum absolute atomic E-state index is 0. The van der Waals surface area contributed by atoms with Gasteiger partial charge in [0, 0.05) is 0 Å². The topological polar surface area (TPSA) is 0 Å². The second-order valence-electron chi connectivity index (χ2n) is 11.1. The van der Waals surface area contributed by atoms with Crippen LogP contribution in [0.15, 0.2) is 46.6 Å². The van der Waals surface area contributed by atoms with E-state index < -0.39 is 8.07 Å². The van der Waals surface area contributed by atoms with Crippen LogP contribution >= 0.6 is 0 Å². The maximum Gasteiger partial charge on any atom is 4.00 e. The van der Waals surface area contributed by atoms with Crippen molar-refractivity contribution in [2.24, 2.45) is 23.7 Å². The molecule has 0 amide bonds. The van der Waals surface area contributed by atoms with E-state index in [0.29, 0.717) is 0 Å². The van der Waals surface area contributed by atoms with Gasteiger partial charge in [-0.2, -0.15) is 0 Å². The van der Waals surface area contributed by atoms with Crippen LogP contribution in [0.4, 0.5) is 0 Å². The van der Waals surface area contributed by atoms with Crippen molar-refractivity contribution in [3.8, 4) is 0 Å². The van der Waals surface area contributed by atoms with Gasteiger partial charge >= 0.3 is 25.8 Å². The molecule has 184 valence electrons. The van der Waals surface area contributed by atoms with Gasteiger partial charge in [-0.15, -0.1) is 0 Å². The van der Waals surface area contributed by atoms with Crippen molar-refractivity contribution in [2.45, 2.75) is 95.8 Å². The average molecular weight is 631 g/mol. The second kappa shape index (κ2) is 12.8. The van der Waals surface area contributed by atoms with Gasteiger partial charge in [0.1, 0.15) is 0 Å². The first-order valence-electron chi connectivity index (χ1n) is 12.2. The Bertz CT molecular complexity index is 706. The Morgan fingerprint density at radius 2 is 0.909 bits per heavy atom. The molecule has 6 atom stereocenters. The van der Waals surface area contributed by atoms with Crippen LogP contribution in [-0.2, 0) is 25.8 Å². The molecular weight excluding hydrogens is 579 g/mol. The van der Waals surface area contributed by atoms with Crippen molar-refractivity contribution in [3.63, 3.8) is 0 Å². The zero-order chi connectivity index (χ0) is 19.5. The quantitative estimate of drug-likeness (QED) is 0.210. The van der Waals surface area contributed by atoms with Gasteiger partial charge in [0.15, 0.2) is 0 Å². The molecule has 1 aliphatic heterocycles. The molecule has 5 aliphatic rings. The Labute approximate surface area is 228 Å². The third-order valence-electron chi connectivity index (χ3n) is 10.0. The Balaban J connectivity index is 0.00000205. The summed E-state index contributed by atoms with van der Waals surface area (Å²) in [4.78, 5) is 0. The Morgan fingerprint density at radius 1 is 0.545 bits per heavy atom.